The summed E-state index contributed by atoms with van der Waals surface area (Å²) in [5, 5.41) is 14.8. The topological polar surface area (TPSA) is 75.6 Å². The Kier molecular flexibility index (Phi) is 4.40. The number of anilines is 1. The number of carbonyl (C=O) groups is 1. The van der Waals surface area contributed by atoms with Gasteiger partial charge in [-0.2, -0.15) is 10.2 Å². The summed E-state index contributed by atoms with van der Waals surface area (Å²) in [5.74, 6) is -0.422. The van der Waals surface area contributed by atoms with Crippen molar-refractivity contribution >= 4 is 23.2 Å². The Balaban J connectivity index is 1.78. The zero-order valence-electron chi connectivity index (χ0n) is 13.7. The second-order valence-electron chi connectivity index (χ2n) is 5.68. The minimum Gasteiger partial charge on any atom is -0.323 e. The molecule has 2 aromatic heterocycles. The number of H-pyrrole nitrogens is 1. The molecule has 0 unspecified atom stereocenters. The summed E-state index contributed by atoms with van der Waals surface area (Å²) in [6.45, 7) is 5.66. The molecular formula is C17H18ClN5O. The summed E-state index contributed by atoms with van der Waals surface area (Å²) in [5.41, 5.74) is 4.04. The Labute approximate surface area is 144 Å². The Morgan fingerprint density at radius 3 is 2.75 bits per heavy atom. The monoisotopic (exact) mass is 343 g/mol. The van der Waals surface area contributed by atoms with Crippen LogP contribution >= 0.6 is 11.6 Å². The maximum absolute atomic E-state index is 12.5. The number of nitrogens with one attached hydrogen (secondary N) is 2. The minimum absolute atomic E-state index is 0.110. The van der Waals surface area contributed by atoms with Gasteiger partial charge in [0.15, 0.2) is 0 Å². The standard InChI is InChI=1S/C17H18ClN5O/c1-10(16-11(2)21-22-12(16)3)17(24)20-13-8-19-23(9-13)15-7-5-4-6-14(15)18/h4-10H,1-3H3,(H,20,24)(H,21,22)/t10-/m0/s1. The van der Waals surface area contributed by atoms with Crippen LogP contribution in [0.25, 0.3) is 5.69 Å². The van der Waals surface area contributed by atoms with Crippen LogP contribution in [0.3, 0.4) is 0 Å². The molecule has 1 atom stereocenters. The van der Waals surface area contributed by atoms with Crippen molar-refractivity contribution in [2.75, 3.05) is 5.32 Å². The number of rotatable bonds is 4. The van der Waals surface area contributed by atoms with E-state index in [1.807, 2.05) is 39.0 Å². The number of hydrogen-bond donors (Lipinski definition) is 2. The number of amides is 1. The van der Waals surface area contributed by atoms with Crippen LogP contribution in [-0.2, 0) is 4.79 Å². The molecular weight excluding hydrogens is 326 g/mol. The lowest BCUT2D eigenvalue weighted by atomic mass is 9.98. The number of nitrogens with zero attached hydrogens (tertiary/aromatic N) is 3. The van der Waals surface area contributed by atoms with Crippen LogP contribution < -0.4 is 5.32 Å². The number of para-hydroxylation sites is 1. The van der Waals surface area contributed by atoms with Crippen LogP contribution in [0.4, 0.5) is 5.69 Å². The summed E-state index contributed by atoms with van der Waals surface area (Å²) in [6, 6.07) is 7.40. The molecule has 3 rings (SSSR count). The van der Waals surface area contributed by atoms with Crippen LogP contribution in [0.5, 0.6) is 0 Å². The summed E-state index contributed by atoms with van der Waals surface area (Å²) < 4.78 is 1.64. The molecule has 0 aliphatic heterocycles. The molecule has 2 heterocycles. The Bertz CT molecular complexity index is 863. The molecule has 0 bridgehead atoms. The largest absolute Gasteiger partial charge is 0.323 e. The van der Waals surface area contributed by atoms with Gasteiger partial charge in [0.25, 0.3) is 0 Å². The van der Waals surface area contributed by atoms with Crippen molar-refractivity contribution < 1.29 is 4.79 Å². The number of carbonyl (C=O) groups excluding carboxylic acids is 1. The van der Waals surface area contributed by atoms with E-state index >= 15 is 0 Å². The van der Waals surface area contributed by atoms with Gasteiger partial charge in [0.1, 0.15) is 0 Å². The van der Waals surface area contributed by atoms with Crippen molar-refractivity contribution in [2.24, 2.45) is 0 Å². The van der Waals surface area contributed by atoms with E-state index in [1.165, 1.54) is 0 Å². The van der Waals surface area contributed by atoms with Gasteiger partial charge < -0.3 is 5.32 Å². The molecule has 1 amide bonds. The van der Waals surface area contributed by atoms with E-state index in [0.717, 1.165) is 22.6 Å². The third-order valence-electron chi connectivity index (χ3n) is 3.96. The molecule has 3 aromatic rings. The maximum Gasteiger partial charge on any atom is 0.231 e. The van der Waals surface area contributed by atoms with E-state index in [1.54, 1.807) is 23.1 Å². The van der Waals surface area contributed by atoms with Crippen molar-refractivity contribution in [3.05, 3.63) is 58.6 Å². The van der Waals surface area contributed by atoms with Crippen LogP contribution in [0, 0.1) is 13.8 Å². The summed E-state index contributed by atoms with van der Waals surface area (Å²) in [6.07, 6.45) is 3.34. The van der Waals surface area contributed by atoms with Crippen molar-refractivity contribution in [2.45, 2.75) is 26.7 Å². The number of aromatic amines is 1. The van der Waals surface area contributed by atoms with E-state index < -0.39 is 0 Å². The van der Waals surface area contributed by atoms with Gasteiger partial charge in [-0.3, -0.25) is 9.89 Å². The van der Waals surface area contributed by atoms with Crippen LogP contribution in [-0.4, -0.2) is 25.9 Å². The first-order valence-corrected chi connectivity index (χ1v) is 7.97. The van der Waals surface area contributed by atoms with E-state index in [9.17, 15) is 4.79 Å². The van der Waals surface area contributed by atoms with Crippen molar-refractivity contribution in [1.29, 1.82) is 0 Å². The van der Waals surface area contributed by atoms with E-state index in [2.05, 4.69) is 20.6 Å². The second-order valence-corrected chi connectivity index (χ2v) is 6.09. The molecule has 7 heteroatoms. The molecule has 24 heavy (non-hydrogen) atoms. The lowest BCUT2D eigenvalue weighted by molar-refractivity contribution is -0.117. The molecule has 124 valence electrons. The fourth-order valence-corrected chi connectivity index (χ4v) is 2.96. The zero-order valence-corrected chi connectivity index (χ0v) is 14.4. The van der Waals surface area contributed by atoms with Gasteiger partial charge in [0, 0.05) is 11.3 Å². The second kappa shape index (κ2) is 6.49. The average Bonchev–Trinajstić information content (AvgIpc) is 3.14. The summed E-state index contributed by atoms with van der Waals surface area (Å²) in [4.78, 5) is 12.5. The normalized spacial score (nSPS) is 12.2. The fourth-order valence-electron chi connectivity index (χ4n) is 2.74. The third-order valence-corrected chi connectivity index (χ3v) is 4.28. The highest BCUT2D eigenvalue weighted by atomic mass is 35.5. The highest BCUT2D eigenvalue weighted by Gasteiger charge is 2.21. The third kappa shape index (κ3) is 3.05. The maximum atomic E-state index is 12.5. The molecule has 0 saturated heterocycles. The van der Waals surface area contributed by atoms with E-state index in [-0.39, 0.29) is 11.8 Å². The number of halogens is 1. The summed E-state index contributed by atoms with van der Waals surface area (Å²) in [7, 11) is 0. The minimum atomic E-state index is -0.313. The summed E-state index contributed by atoms with van der Waals surface area (Å²) >= 11 is 6.17. The SMILES string of the molecule is Cc1n[nH]c(C)c1[C@H](C)C(=O)Nc1cnn(-c2ccccc2Cl)c1. The highest BCUT2D eigenvalue weighted by Crippen LogP contribution is 2.24. The Hall–Kier alpha value is -2.60. The molecule has 0 fully saturated rings. The zero-order chi connectivity index (χ0) is 17.3. The van der Waals surface area contributed by atoms with Crippen LogP contribution in [0.1, 0.15) is 29.8 Å². The van der Waals surface area contributed by atoms with Gasteiger partial charge in [-0.15, -0.1) is 0 Å². The fraction of sp³-hybridized carbons (Fsp3) is 0.235. The molecule has 0 aliphatic rings. The van der Waals surface area contributed by atoms with E-state index in [0.29, 0.717) is 10.7 Å². The number of aromatic nitrogens is 4. The molecule has 0 aliphatic carbocycles. The molecule has 0 saturated carbocycles. The highest BCUT2D eigenvalue weighted by molar-refractivity contribution is 6.32. The Morgan fingerprint density at radius 1 is 1.33 bits per heavy atom. The predicted octanol–water partition coefficient (Wildman–Crippen LogP) is 3.61. The van der Waals surface area contributed by atoms with Gasteiger partial charge >= 0.3 is 0 Å². The average molecular weight is 344 g/mol. The van der Waals surface area contributed by atoms with Crippen molar-refractivity contribution in [1.82, 2.24) is 20.0 Å². The lowest BCUT2D eigenvalue weighted by Gasteiger charge is -2.11. The quantitative estimate of drug-likeness (QED) is 0.759. The van der Waals surface area contributed by atoms with Crippen molar-refractivity contribution in [3.63, 3.8) is 0 Å². The number of aryl methyl sites for hydroxylation is 2. The number of hydrogen-bond acceptors (Lipinski definition) is 3. The molecule has 6 nitrogen and oxygen atoms in total. The lowest BCUT2D eigenvalue weighted by Crippen LogP contribution is -2.19. The van der Waals surface area contributed by atoms with Crippen molar-refractivity contribution in [3.8, 4) is 5.69 Å². The Morgan fingerprint density at radius 2 is 2.08 bits per heavy atom. The first kappa shape index (κ1) is 16.3. The van der Waals surface area contributed by atoms with Crippen LogP contribution in [0.2, 0.25) is 5.02 Å². The van der Waals surface area contributed by atoms with Crippen LogP contribution in [0.15, 0.2) is 36.7 Å². The molecule has 1 aromatic carbocycles. The van der Waals surface area contributed by atoms with Gasteiger partial charge in [0.05, 0.1) is 40.4 Å². The molecule has 0 radical (unpaired) electrons. The van der Waals surface area contributed by atoms with Gasteiger partial charge in [-0.1, -0.05) is 23.7 Å². The number of benzene rings is 1. The first-order chi connectivity index (χ1) is 11.5. The van der Waals surface area contributed by atoms with E-state index in [4.69, 9.17) is 11.6 Å². The van der Waals surface area contributed by atoms with Gasteiger partial charge in [-0.05, 0) is 32.9 Å². The molecule has 0 spiro atoms. The first-order valence-electron chi connectivity index (χ1n) is 7.59. The van der Waals surface area contributed by atoms with Gasteiger partial charge in [0.2, 0.25) is 5.91 Å². The molecule has 2 N–H and O–H groups in total. The smallest absolute Gasteiger partial charge is 0.231 e. The van der Waals surface area contributed by atoms with Gasteiger partial charge in [-0.25, -0.2) is 4.68 Å². The predicted molar refractivity (Wildman–Crippen MR) is 93.7 cm³/mol.